The lowest BCUT2D eigenvalue weighted by Gasteiger charge is -2.33. The Bertz CT molecular complexity index is 1520. The predicted octanol–water partition coefficient (Wildman–Crippen LogP) is 6.62. The Morgan fingerprint density at radius 1 is 1.08 bits per heavy atom. The van der Waals surface area contributed by atoms with Gasteiger partial charge in [-0.2, -0.15) is 0 Å². The molecule has 10 heteroatoms. The Morgan fingerprint density at radius 3 is 2.34 bits per heavy atom. The summed E-state index contributed by atoms with van der Waals surface area (Å²) in [5.74, 6) is -0.312. The second-order valence-corrected chi connectivity index (χ2v) is 13.2. The molecular weight excluding hydrogens is 519 g/mol. The summed E-state index contributed by atoms with van der Waals surface area (Å²) in [5.41, 5.74) is 3.60. The summed E-state index contributed by atoms with van der Waals surface area (Å²) in [6.07, 6.45) is 5.63. The van der Waals surface area contributed by atoms with Gasteiger partial charge in [0.25, 0.3) is 0 Å². The minimum absolute atomic E-state index is 0.235. The zero-order valence-corrected chi connectivity index (χ0v) is 23.9. The molecule has 2 aromatic carbocycles. The van der Waals surface area contributed by atoms with Crippen molar-refractivity contribution in [1.82, 2.24) is 14.5 Å². The van der Waals surface area contributed by atoms with Crippen molar-refractivity contribution >= 4 is 47.6 Å². The van der Waals surface area contributed by atoms with Gasteiger partial charge in [-0.05, 0) is 48.7 Å². The summed E-state index contributed by atoms with van der Waals surface area (Å²) < 4.78 is 14.2. The van der Waals surface area contributed by atoms with Crippen LogP contribution in [0.5, 0.6) is 0 Å². The lowest BCUT2D eigenvalue weighted by molar-refractivity contribution is -0.111. The van der Waals surface area contributed by atoms with E-state index in [4.69, 9.17) is 4.98 Å². The van der Waals surface area contributed by atoms with Crippen LogP contribution in [0.1, 0.15) is 63.6 Å². The molecular formula is C28H33N4O4PS. The van der Waals surface area contributed by atoms with Gasteiger partial charge in [0.1, 0.15) is 6.33 Å². The molecule has 4 rings (SSSR count). The van der Waals surface area contributed by atoms with Crippen molar-refractivity contribution in [1.29, 1.82) is 0 Å². The molecule has 2 aromatic heterocycles. The van der Waals surface area contributed by atoms with Gasteiger partial charge in [-0.1, -0.05) is 70.2 Å². The number of hydrogen-bond donors (Lipinski definition) is 3. The van der Waals surface area contributed by atoms with Crippen molar-refractivity contribution in [3.63, 3.8) is 0 Å². The van der Waals surface area contributed by atoms with Crippen LogP contribution < -0.4 is 5.32 Å². The molecule has 8 nitrogen and oxygen atoms in total. The smallest absolute Gasteiger partial charge is 0.324 e. The number of benzene rings is 2. The maximum Gasteiger partial charge on any atom is 0.335 e. The lowest BCUT2D eigenvalue weighted by atomic mass is 9.91. The number of para-hydroxylation sites is 2. The average molecular weight is 553 g/mol. The number of hydrogen-bond acceptors (Lipinski definition) is 5. The molecule has 0 saturated carbocycles. The first-order valence-electron chi connectivity index (χ1n) is 12.5. The van der Waals surface area contributed by atoms with Crippen LogP contribution in [0.3, 0.4) is 0 Å². The zero-order chi connectivity index (χ0) is 27.7. The molecule has 0 aliphatic heterocycles. The second kappa shape index (κ2) is 10.6. The van der Waals surface area contributed by atoms with Crippen molar-refractivity contribution < 1.29 is 19.1 Å². The third-order valence-electron chi connectivity index (χ3n) is 6.82. The second-order valence-electron chi connectivity index (χ2n) is 10.2. The highest BCUT2D eigenvalue weighted by Crippen LogP contribution is 2.60. The molecule has 0 spiro atoms. The largest absolute Gasteiger partial charge is 0.335 e. The van der Waals surface area contributed by atoms with Crippen LogP contribution in [0.2, 0.25) is 0 Å². The number of anilines is 1. The van der Waals surface area contributed by atoms with E-state index < -0.39 is 12.8 Å². The summed E-state index contributed by atoms with van der Waals surface area (Å²) in [5, 5.41) is 2.38. The summed E-state index contributed by atoms with van der Waals surface area (Å²) in [6, 6.07) is 14.6. The number of aromatic nitrogens is 3. The minimum atomic E-state index is -4.37. The number of carbonyl (C=O) groups is 1. The molecule has 4 aromatic rings. The fraction of sp³-hybridized carbons (Fsp3) is 0.321. The third-order valence-corrected chi connectivity index (χ3v) is 9.84. The van der Waals surface area contributed by atoms with Gasteiger partial charge in [-0.3, -0.25) is 13.9 Å². The van der Waals surface area contributed by atoms with E-state index in [2.05, 4.69) is 31.1 Å². The van der Waals surface area contributed by atoms with Gasteiger partial charge in [0, 0.05) is 17.2 Å². The fourth-order valence-corrected chi connectivity index (χ4v) is 7.09. The van der Waals surface area contributed by atoms with Crippen molar-refractivity contribution in [2.24, 2.45) is 0 Å². The van der Waals surface area contributed by atoms with Crippen LogP contribution in [0, 0.1) is 0 Å². The van der Waals surface area contributed by atoms with Crippen molar-refractivity contribution in [3.05, 3.63) is 77.1 Å². The lowest BCUT2D eigenvalue weighted by Crippen LogP contribution is -2.24. The number of rotatable bonds is 8. The van der Waals surface area contributed by atoms with Crippen LogP contribution in [0.4, 0.5) is 5.69 Å². The number of carbonyl (C=O) groups excluding carboxylic acids is 1. The zero-order valence-electron chi connectivity index (χ0n) is 22.2. The van der Waals surface area contributed by atoms with E-state index in [0.717, 1.165) is 26.7 Å². The van der Waals surface area contributed by atoms with Gasteiger partial charge in [-0.15, -0.1) is 0 Å². The summed E-state index contributed by atoms with van der Waals surface area (Å²) >= 11 is 1.49. The molecule has 0 saturated heterocycles. The van der Waals surface area contributed by atoms with Crippen LogP contribution >= 0.6 is 18.9 Å². The van der Waals surface area contributed by atoms with E-state index in [1.165, 1.54) is 17.4 Å². The van der Waals surface area contributed by atoms with Gasteiger partial charge in [0.05, 0.1) is 26.8 Å². The monoisotopic (exact) mass is 552 g/mol. The normalized spacial score (nSPS) is 12.9. The quantitative estimate of drug-likeness (QED) is 0.167. The van der Waals surface area contributed by atoms with E-state index in [1.807, 2.05) is 28.8 Å². The van der Waals surface area contributed by atoms with Crippen LogP contribution in [-0.2, 0) is 19.9 Å². The number of fused-ring (bicyclic) bond motifs is 1. The molecule has 0 bridgehead atoms. The first kappa shape index (κ1) is 27.9. The van der Waals surface area contributed by atoms with Crippen molar-refractivity contribution in [2.45, 2.75) is 58.0 Å². The third kappa shape index (κ3) is 5.38. The summed E-state index contributed by atoms with van der Waals surface area (Å²) in [6.45, 7) is 9.80. The Labute approximate surface area is 226 Å². The Morgan fingerprint density at radius 2 is 1.74 bits per heavy atom. The highest BCUT2D eigenvalue weighted by molar-refractivity contribution is 7.53. The van der Waals surface area contributed by atoms with Gasteiger partial charge in [-0.25, -0.2) is 9.97 Å². The molecule has 200 valence electrons. The highest BCUT2D eigenvalue weighted by Gasteiger charge is 2.45. The molecule has 0 atom stereocenters. The number of imidazole rings is 1. The standard InChI is InChI=1S/C28H33N4O4PS/c1-6-28(7-2,37(34,35)36)19-12-14-20(15-13-19)30-24(33)17-16-23-25(27(3,4)5)31-26(38-23)32-18-29-21-10-8-9-11-22(21)32/h8-18H,6-7H2,1-5H3,(H,30,33)(H2,34,35,36)/b17-16+. The minimum Gasteiger partial charge on any atom is -0.324 e. The first-order valence-corrected chi connectivity index (χ1v) is 14.9. The van der Waals surface area contributed by atoms with Gasteiger partial charge in [0.15, 0.2) is 5.13 Å². The van der Waals surface area contributed by atoms with Crippen LogP contribution in [0.25, 0.3) is 22.2 Å². The molecule has 0 fully saturated rings. The molecule has 2 heterocycles. The molecule has 3 N–H and O–H groups in total. The molecule has 0 aliphatic carbocycles. The first-order chi connectivity index (χ1) is 17.9. The van der Waals surface area contributed by atoms with Crippen LogP contribution in [0.15, 0.2) is 60.9 Å². The van der Waals surface area contributed by atoms with E-state index >= 15 is 0 Å². The number of nitrogens with zero attached hydrogens (tertiary/aromatic N) is 3. The van der Waals surface area contributed by atoms with E-state index in [9.17, 15) is 19.1 Å². The van der Waals surface area contributed by atoms with E-state index in [1.54, 1.807) is 50.5 Å². The van der Waals surface area contributed by atoms with E-state index in [0.29, 0.717) is 24.1 Å². The van der Waals surface area contributed by atoms with E-state index in [-0.39, 0.29) is 11.3 Å². The Balaban J connectivity index is 1.56. The SMILES string of the molecule is CCC(CC)(c1ccc(NC(=O)/C=C/c2sc(-n3cnc4ccccc43)nc2C(C)(C)C)cc1)P(=O)(O)O. The number of nitrogens with one attached hydrogen (secondary N) is 1. The topological polar surface area (TPSA) is 117 Å². The molecule has 0 aliphatic rings. The molecule has 1 amide bonds. The fourth-order valence-electron chi connectivity index (χ4n) is 4.62. The Hall–Kier alpha value is -3.10. The summed E-state index contributed by atoms with van der Waals surface area (Å²) in [7, 11) is -4.37. The maximum absolute atomic E-state index is 12.8. The average Bonchev–Trinajstić information content (AvgIpc) is 3.48. The number of thiazole rings is 1. The van der Waals surface area contributed by atoms with Gasteiger partial charge < -0.3 is 15.1 Å². The van der Waals surface area contributed by atoms with Gasteiger partial charge in [0.2, 0.25) is 5.91 Å². The predicted molar refractivity (Wildman–Crippen MR) is 154 cm³/mol. The van der Waals surface area contributed by atoms with Gasteiger partial charge >= 0.3 is 7.60 Å². The molecule has 38 heavy (non-hydrogen) atoms. The Kier molecular flexibility index (Phi) is 7.77. The van der Waals surface area contributed by atoms with Crippen LogP contribution in [-0.4, -0.2) is 30.2 Å². The number of amides is 1. The van der Waals surface area contributed by atoms with Crippen molar-refractivity contribution in [3.8, 4) is 5.13 Å². The van der Waals surface area contributed by atoms with Crippen molar-refractivity contribution in [2.75, 3.05) is 5.32 Å². The highest BCUT2D eigenvalue weighted by atomic mass is 32.1. The molecule has 0 radical (unpaired) electrons. The maximum atomic E-state index is 12.8. The molecule has 0 unspecified atom stereocenters. The summed E-state index contributed by atoms with van der Waals surface area (Å²) in [4.78, 5) is 43.0.